The number of carbonyl (C=O) groups excluding carboxylic acids is 1. The molecule has 2 fully saturated rings. The third kappa shape index (κ3) is 1.46. The predicted octanol–water partition coefficient (Wildman–Crippen LogP) is 2.79. The molecule has 2 aliphatic rings. The van der Waals surface area contributed by atoms with E-state index in [1.54, 1.807) is 0 Å². The molecule has 0 aromatic carbocycles. The molecule has 0 aromatic heterocycles. The van der Waals surface area contributed by atoms with Crippen molar-refractivity contribution in [3.05, 3.63) is 0 Å². The van der Waals surface area contributed by atoms with Gasteiger partial charge in [-0.25, -0.2) is 0 Å². The van der Waals surface area contributed by atoms with Gasteiger partial charge in [0.2, 0.25) is 0 Å². The number of rotatable bonds is 1. The molecule has 2 aliphatic carbocycles. The van der Waals surface area contributed by atoms with Gasteiger partial charge in [-0.2, -0.15) is 0 Å². The smallest absolute Gasteiger partial charge is 0.142 e. The van der Waals surface area contributed by atoms with E-state index in [9.17, 15) is 9.90 Å². The van der Waals surface area contributed by atoms with Crippen molar-refractivity contribution in [1.29, 1.82) is 0 Å². The van der Waals surface area contributed by atoms with Gasteiger partial charge in [0, 0.05) is 11.3 Å². The van der Waals surface area contributed by atoms with Crippen molar-refractivity contribution in [1.82, 2.24) is 0 Å². The molecule has 0 aromatic rings. The maximum atomic E-state index is 12.5. The standard InChI is InChI=1S/C14H24O2/c1-9-7-8-14(12(9)15)10(2)5-6-11(14)13(3,4)16/h9-11,16H,5-8H2,1-4H3/t9-,10+,11-,14-/m0/s1. The highest BCUT2D eigenvalue weighted by molar-refractivity contribution is 5.89. The van der Waals surface area contributed by atoms with Gasteiger partial charge in [0.1, 0.15) is 5.78 Å². The van der Waals surface area contributed by atoms with Crippen LogP contribution in [-0.4, -0.2) is 16.5 Å². The van der Waals surface area contributed by atoms with Gasteiger partial charge >= 0.3 is 0 Å². The van der Waals surface area contributed by atoms with Crippen molar-refractivity contribution in [3.63, 3.8) is 0 Å². The molecule has 0 aliphatic heterocycles. The summed E-state index contributed by atoms with van der Waals surface area (Å²) in [5, 5.41) is 10.3. The summed E-state index contributed by atoms with van der Waals surface area (Å²) < 4.78 is 0. The Kier molecular flexibility index (Phi) is 2.69. The fourth-order valence-corrected chi connectivity index (χ4v) is 4.26. The Hall–Kier alpha value is -0.370. The van der Waals surface area contributed by atoms with Crippen molar-refractivity contribution in [3.8, 4) is 0 Å². The molecule has 2 nitrogen and oxygen atoms in total. The van der Waals surface area contributed by atoms with Crippen LogP contribution in [0.25, 0.3) is 0 Å². The van der Waals surface area contributed by atoms with Gasteiger partial charge in [-0.05, 0) is 51.4 Å². The number of hydrogen-bond donors (Lipinski definition) is 1. The molecule has 2 heteroatoms. The second-order valence-electron chi connectivity index (χ2n) is 6.53. The molecule has 16 heavy (non-hydrogen) atoms. The summed E-state index contributed by atoms with van der Waals surface area (Å²) >= 11 is 0. The van der Waals surface area contributed by atoms with E-state index in [2.05, 4.69) is 6.92 Å². The minimum absolute atomic E-state index is 0.160. The number of Topliss-reactive ketones (excluding diaryl/α,β-unsaturated/α-hetero) is 1. The average Bonchev–Trinajstić information content (AvgIpc) is 2.64. The summed E-state index contributed by atoms with van der Waals surface area (Å²) in [5.41, 5.74) is -0.928. The molecule has 1 spiro atoms. The Morgan fingerprint density at radius 3 is 2.31 bits per heavy atom. The van der Waals surface area contributed by atoms with Crippen LogP contribution >= 0.6 is 0 Å². The molecule has 0 bridgehead atoms. The first-order valence-corrected chi connectivity index (χ1v) is 6.57. The zero-order valence-corrected chi connectivity index (χ0v) is 10.9. The quantitative estimate of drug-likeness (QED) is 0.743. The Balaban J connectivity index is 2.39. The monoisotopic (exact) mass is 224 g/mol. The van der Waals surface area contributed by atoms with Crippen LogP contribution in [0.1, 0.15) is 53.4 Å². The zero-order valence-electron chi connectivity index (χ0n) is 10.9. The SMILES string of the molecule is C[C@@H]1CC[C@@H](C(C)(C)O)[C@]12CC[C@H](C)C2=O. The van der Waals surface area contributed by atoms with Crippen molar-refractivity contribution in [2.75, 3.05) is 0 Å². The highest BCUT2D eigenvalue weighted by Gasteiger charge is 2.60. The van der Waals surface area contributed by atoms with Crippen LogP contribution < -0.4 is 0 Å². The summed E-state index contributed by atoms with van der Waals surface area (Å²) in [7, 11) is 0. The van der Waals surface area contributed by atoms with Crippen LogP contribution in [0, 0.1) is 23.2 Å². The molecule has 92 valence electrons. The first-order chi connectivity index (χ1) is 7.30. The predicted molar refractivity (Wildman–Crippen MR) is 64.0 cm³/mol. The third-order valence-electron chi connectivity index (χ3n) is 5.14. The fraction of sp³-hybridized carbons (Fsp3) is 0.929. The Morgan fingerprint density at radius 1 is 1.25 bits per heavy atom. The van der Waals surface area contributed by atoms with Crippen LogP contribution in [0.4, 0.5) is 0 Å². The van der Waals surface area contributed by atoms with Crippen molar-refractivity contribution < 1.29 is 9.90 Å². The normalized spacial score (nSPS) is 44.6. The van der Waals surface area contributed by atoms with E-state index in [-0.39, 0.29) is 17.3 Å². The summed E-state index contributed by atoms with van der Waals surface area (Å²) in [4.78, 5) is 12.5. The maximum Gasteiger partial charge on any atom is 0.142 e. The molecule has 0 unspecified atom stereocenters. The van der Waals surface area contributed by atoms with Crippen molar-refractivity contribution in [2.45, 2.75) is 59.0 Å². The van der Waals surface area contributed by atoms with E-state index in [1.165, 1.54) is 0 Å². The topological polar surface area (TPSA) is 37.3 Å². The zero-order chi connectivity index (χ0) is 12.1. The minimum atomic E-state index is -0.718. The lowest BCUT2D eigenvalue weighted by atomic mass is 9.65. The highest BCUT2D eigenvalue weighted by Crippen LogP contribution is 2.59. The van der Waals surface area contributed by atoms with E-state index in [4.69, 9.17) is 0 Å². The second kappa shape index (κ2) is 3.56. The molecule has 0 saturated heterocycles. The third-order valence-corrected chi connectivity index (χ3v) is 5.14. The van der Waals surface area contributed by atoms with E-state index < -0.39 is 5.60 Å². The van der Waals surface area contributed by atoms with Gasteiger partial charge < -0.3 is 5.11 Å². The first kappa shape index (κ1) is 12.1. The minimum Gasteiger partial charge on any atom is -0.390 e. The largest absolute Gasteiger partial charge is 0.390 e. The van der Waals surface area contributed by atoms with Gasteiger partial charge in [-0.15, -0.1) is 0 Å². The van der Waals surface area contributed by atoms with Crippen LogP contribution in [0.2, 0.25) is 0 Å². The van der Waals surface area contributed by atoms with Gasteiger partial charge in [0.15, 0.2) is 0 Å². The lowest BCUT2D eigenvalue weighted by molar-refractivity contribution is -0.138. The van der Waals surface area contributed by atoms with Crippen LogP contribution in [0.3, 0.4) is 0 Å². The molecular formula is C14H24O2. The fourth-order valence-electron chi connectivity index (χ4n) is 4.26. The molecule has 0 heterocycles. The van der Waals surface area contributed by atoms with Crippen LogP contribution in [0.15, 0.2) is 0 Å². The van der Waals surface area contributed by atoms with Gasteiger partial charge in [-0.3, -0.25) is 4.79 Å². The lowest BCUT2D eigenvalue weighted by Gasteiger charge is -2.40. The van der Waals surface area contributed by atoms with Crippen LogP contribution in [-0.2, 0) is 4.79 Å². The molecule has 4 atom stereocenters. The highest BCUT2D eigenvalue weighted by atomic mass is 16.3. The molecule has 2 saturated carbocycles. The van der Waals surface area contributed by atoms with E-state index >= 15 is 0 Å². The Labute approximate surface area is 98.4 Å². The number of hydrogen-bond acceptors (Lipinski definition) is 2. The summed E-state index contributed by atoms with van der Waals surface area (Å²) in [6.07, 6.45) is 4.09. The van der Waals surface area contributed by atoms with E-state index in [0.29, 0.717) is 11.7 Å². The van der Waals surface area contributed by atoms with Crippen molar-refractivity contribution in [2.24, 2.45) is 23.2 Å². The molecule has 0 amide bonds. The molecule has 2 rings (SSSR count). The maximum absolute atomic E-state index is 12.5. The van der Waals surface area contributed by atoms with Crippen molar-refractivity contribution >= 4 is 5.78 Å². The van der Waals surface area contributed by atoms with Gasteiger partial charge in [0.25, 0.3) is 0 Å². The van der Waals surface area contributed by atoms with E-state index in [0.717, 1.165) is 25.7 Å². The average molecular weight is 224 g/mol. The van der Waals surface area contributed by atoms with Gasteiger partial charge in [-0.1, -0.05) is 13.8 Å². The number of aliphatic hydroxyl groups is 1. The Morgan fingerprint density at radius 2 is 1.88 bits per heavy atom. The van der Waals surface area contributed by atoms with Crippen LogP contribution in [0.5, 0.6) is 0 Å². The molecule has 1 N–H and O–H groups in total. The van der Waals surface area contributed by atoms with E-state index in [1.807, 2.05) is 20.8 Å². The number of carbonyl (C=O) groups is 1. The number of ketones is 1. The molecular weight excluding hydrogens is 200 g/mol. The second-order valence-corrected chi connectivity index (χ2v) is 6.53. The Bertz CT molecular complexity index is 302. The summed E-state index contributed by atoms with van der Waals surface area (Å²) in [6.45, 7) is 7.98. The summed E-state index contributed by atoms with van der Waals surface area (Å²) in [6, 6.07) is 0. The lowest BCUT2D eigenvalue weighted by Crippen LogP contribution is -2.46. The molecule has 0 radical (unpaired) electrons. The summed E-state index contributed by atoms with van der Waals surface area (Å²) in [5.74, 6) is 1.23. The first-order valence-electron chi connectivity index (χ1n) is 6.57. The van der Waals surface area contributed by atoms with Gasteiger partial charge in [0.05, 0.1) is 5.60 Å².